The van der Waals surface area contributed by atoms with Crippen molar-refractivity contribution in [2.75, 3.05) is 23.7 Å². The molecule has 0 spiro atoms. The molecule has 0 bridgehead atoms. The molecule has 2 fully saturated rings. The van der Waals surface area contributed by atoms with Gasteiger partial charge >= 0.3 is 0 Å². The van der Waals surface area contributed by atoms with Crippen LogP contribution in [0.3, 0.4) is 0 Å². The van der Waals surface area contributed by atoms with Crippen LogP contribution in [0, 0.1) is 11.8 Å². The van der Waals surface area contributed by atoms with E-state index in [9.17, 15) is 9.59 Å². The Labute approximate surface area is 123 Å². The van der Waals surface area contributed by atoms with E-state index in [1.54, 1.807) is 18.3 Å². The molecular weight excluding hydrogens is 268 g/mol. The highest BCUT2D eigenvalue weighted by Crippen LogP contribution is 2.30. The number of rotatable bonds is 7. The summed E-state index contributed by atoms with van der Waals surface area (Å²) < 4.78 is 0. The molecule has 6 heteroatoms. The topological polar surface area (TPSA) is 83.1 Å². The summed E-state index contributed by atoms with van der Waals surface area (Å²) in [7, 11) is 0. The largest absolute Gasteiger partial charge is 0.324 e. The van der Waals surface area contributed by atoms with Gasteiger partial charge in [0.1, 0.15) is 5.82 Å². The number of nitrogens with one attached hydrogen (secondary N) is 3. The minimum atomic E-state index is -0.0767. The molecule has 1 aromatic rings. The molecule has 1 heterocycles. The first-order valence-electron chi connectivity index (χ1n) is 7.48. The fourth-order valence-electron chi connectivity index (χ4n) is 2.03. The first-order valence-corrected chi connectivity index (χ1v) is 7.48. The predicted molar refractivity (Wildman–Crippen MR) is 79.8 cm³/mol. The molecule has 0 saturated heterocycles. The van der Waals surface area contributed by atoms with Crippen LogP contribution in [0.1, 0.15) is 25.7 Å². The molecule has 1 aromatic heterocycles. The van der Waals surface area contributed by atoms with Crippen molar-refractivity contribution in [2.45, 2.75) is 25.7 Å². The monoisotopic (exact) mass is 288 g/mol. The van der Waals surface area contributed by atoms with Gasteiger partial charge in [-0.1, -0.05) is 0 Å². The summed E-state index contributed by atoms with van der Waals surface area (Å²) in [5, 5.41) is 8.67. The third-order valence-corrected chi connectivity index (χ3v) is 3.66. The number of aromatic nitrogens is 1. The quantitative estimate of drug-likeness (QED) is 0.707. The van der Waals surface area contributed by atoms with E-state index in [0.29, 0.717) is 18.1 Å². The summed E-state index contributed by atoms with van der Waals surface area (Å²) in [6, 6.07) is 3.45. The third kappa shape index (κ3) is 4.53. The fraction of sp³-hybridized carbons (Fsp3) is 0.533. The predicted octanol–water partition coefficient (Wildman–Crippen LogP) is 1.37. The lowest BCUT2D eigenvalue weighted by Gasteiger charge is -2.07. The molecule has 2 amide bonds. The van der Waals surface area contributed by atoms with Gasteiger partial charge in [-0.05, 0) is 50.3 Å². The summed E-state index contributed by atoms with van der Waals surface area (Å²) in [5.74, 6) is 1.39. The maximum absolute atomic E-state index is 11.7. The summed E-state index contributed by atoms with van der Waals surface area (Å²) in [4.78, 5) is 27.4. The number of pyridine rings is 1. The Hall–Kier alpha value is -1.95. The van der Waals surface area contributed by atoms with Gasteiger partial charge in [0.05, 0.1) is 18.4 Å². The molecule has 3 N–H and O–H groups in total. The highest BCUT2D eigenvalue weighted by Gasteiger charge is 2.29. The van der Waals surface area contributed by atoms with Crippen LogP contribution >= 0.6 is 0 Å². The van der Waals surface area contributed by atoms with Gasteiger partial charge in [-0.25, -0.2) is 4.98 Å². The number of hydrogen-bond donors (Lipinski definition) is 3. The highest BCUT2D eigenvalue weighted by atomic mass is 16.2. The zero-order chi connectivity index (χ0) is 14.7. The third-order valence-electron chi connectivity index (χ3n) is 3.66. The lowest BCUT2D eigenvalue weighted by Crippen LogP contribution is -2.29. The Balaban J connectivity index is 1.42. The molecule has 0 unspecified atom stereocenters. The molecule has 0 aliphatic heterocycles. The van der Waals surface area contributed by atoms with Crippen molar-refractivity contribution >= 4 is 23.3 Å². The summed E-state index contributed by atoms with van der Waals surface area (Å²) >= 11 is 0. The lowest BCUT2D eigenvalue weighted by molar-refractivity contribution is -0.117. The molecule has 3 rings (SSSR count). The zero-order valence-corrected chi connectivity index (χ0v) is 11.9. The average Bonchev–Trinajstić information content (AvgIpc) is 3.34. The smallest absolute Gasteiger partial charge is 0.238 e. The molecule has 21 heavy (non-hydrogen) atoms. The summed E-state index contributed by atoms with van der Waals surface area (Å²) in [6.07, 6.45) is 6.03. The lowest BCUT2D eigenvalue weighted by atomic mass is 10.3. The van der Waals surface area contributed by atoms with Gasteiger partial charge in [-0.3, -0.25) is 9.59 Å². The van der Waals surface area contributed by atoms with Crippen LogP contribution < -0.4 is 16.0 Å². The molecule has 6 nitrogen and oxygen atoms in total. The van der Waals surface area contributed by atoms with E-state index in [0.717, 1.165) is 25.3 Å². The maximum atomic E-state index is 11.7. The van der Waals surface area contributed by atoms with Crippen LogP contribution in [0.15, 0.2) is 18.3 Å². The Morgan fingerprint density at radius 2 is 1.95 bits per heavy atom. The molecule has 0 atom stereocenters. The Kier molecular flexibility index (Phi) is 4.15. The van der Waals surface area contributed by atoms with Crippen molar-refractivity contribution in [3.05, 3.63) is 18.3 Å². The van der Waals surface area contributed by atoms with Crippen LogP contribution in [0.25, 0.3) is 0 Å². The minimum absolute atomic E-state index is 0.0311. The molecule has 2 aliphatic rings. The Morgan fingerprint density at radius 3 is 2.57 bits per heavy atom. The molecule has 2 saturated carbocycles. The van der Waals surface area contributed by atoms with Gasteiger partial charge in [-0.15, -0.1) is 0 Å². The SMILES string of the molecule is O=C(CNCC1CC1)Nc1ccc(NC(=O)C2CC2)nc1. The number of anilines is 2. The second kappa shape index (κ2) is 6.22. The number of carbonyl (C=O) groups is 2. The number of amides is 2. The zero-order valence-electron chi connectivity index (χ0n) is 11.9. The number of carbonyl (C=O) groups excluding carboxylic acids is 2. The molecule has 112 valence electrons. The van der Waals surface area contributed by atoms with Gasteiger partial charge in [0.25, 0.3) is 0 Å². The fourth-order valence-corrected chi connectivity index (χ4v) is 2.03. The van der Waals surface area contributed by atoms with E-state index in [-0.39, 0.29) is 17.7 Å². The second-order valence-electron chi connectivity index (χ2n) is 5.82. The van der Waals surface area contributed by atoms with E-state index >= 15 is 0 Å². The molecule has 0 aromatic carbocycles. The normalized spacial score (nSPS) is 17.3. The van der Waals surface area contributed by atoms with Crippen LogP contribution in [-0.4, -0.2) is 29.9 Å². The molecule has 2 aliphatic carbocycles. The Bertz CT molecular complexity index is 521. The highest BCUT2D eigenvalue weighted by molar-refractivity contribution is 5.94. The van der Waals surface area contributed by atoms with Crippen LogP contribution in [0.4, 0.5) is 11.5 Å². The molecular formula is C15H20N4O2. The first kappa shape index (κ1) is 14.0. The van der Waals surface area contributed by atoms with E-state index in [1.165, 1.54) is 12.8 Å². The van der Waals surface area contributed by atoms with Crippen LogP contribution in [0.2, 0.25) is 0 Å². The van der Waals surface area contributed by atoms with Crippen LogP contribution in [0.5, 0.6) is 0 Å². The van der Waals surface area contributed by atoms with Gasteiger partial charge in [0.2, 0.25) is 11.8 Å². The van der Waals surface area contributed by atoms with Crippen molar-refractivity contribution in [2.24, 2.45) is 11.8 Å². The van der Waals surface area contributed by atoms with Crippen molar-refractivity contribution < 1.29 is 9.59 Å². The maximum Gasteiger partial charge on any atom is 0.238 e. The summed E-state index contributed by atoms with van der Waals surface area (Å²) in [5.41, 5.74) is 0.637. The number of nitrogens with zero attached hydrogens (tertiary/aromatic N) is 1. The van der Waals surface area contributed by atoms with E-state index in [2.05, 4.69) is 20.9 Å². The molecule has 0 radical (unpaired) electrons. The Morgan fingerprint density at radius 1 is 1.14 bits per heavy atom. The number of hydrogen-bond acceptors (Lipinski definition) is 4. The van der Waals surface area contributed by atoms with E-state index in [1.807, 2.05) is 0 Å². The summed E-state index contributed by atoms with van der Waals surface area (Å²) in [6.45, 7) is 1.23. The first-order chi connectivity index (χ1) is 10.2. The van der Waals surface area contributed by atoms with Gasteiger partial charge in [0.15, 0.2) is 0 Å². The van der Waals surface area contributed by atoms with Gasteiger partial charge in [0, 0.05) is 5.92 Å². The standard InChI is InChI=1S/C15H20N4O2/c20-14(9-16-7-10-1-2-10)18-12-5-6-13(17-8-12)19-15(21)11-3-4-11/h5-6,8,10-11,16H,1-4,7,9H2,(H,18,20)(H,17,19,21). The second-order valence-corrected chi connectivity index (χ2v) is 5.82. The van der Waals surface area contributed by atoms with E-state index in [4.69, 9.17) is 0 Å². The average molecular weight is 288 g/mol. The van der Waals surface area contributed by atoms with E-state index < -0.39 is 0 Å². The van der Waals surface area contributed by atoms with Crippen molar-refractivity contribution in [3.8, 4) is 0 Å². The van der Waals surface area contributed by atoms with Crippen molar-refractivity contribution in [1.29, 1.82) is 0 Å². The van der Waals surface area contributed by atoms with Gasteiger partial charge < -0.3 is 16.0 Å². The van der Waals surface area contributed by atoms with Gasteiger partial charge in [-0.2, -0.15) is 0 Å². The van der Waals surface area contributed by atoms with Crippen molar-refractivity contribution in [1.82, 2.24) is 10.3 Å². The van der Waals surface area contributed by atoms with Crippen molar-refractivity contribution in [3.63, 3.8) is 0 Å². The minimum Gasteiger partial charge on any atom is -0.324 e. The van der Waals surface area contributed by atoms with Crippen LogP contribution in [-0.2, 0) is 9.59 Å².